The third-order valence-corrected chi connectivity index (χ3v) is 1.91. The Bertz CT molecular complexity index is 361. The van der Waals surface area contributed by atoms with E-state index < -0.39 is 11.9 Å². The Kier molecular flexibility index (Phi) is 4.59. The highest BCUT2D eigenvalue weighted by atomic mass is 16.6. The van der Waals surface area contributed by atoms with Gasteiger partial charge in [-0.25, -0.2) is 14.4 Å². The number of cyclic esters (lactones) is 2. The van der Waals surface area contributed by atoms with Crippen LogP contribution in [0.1, 0.15) is 6.42 Å². The highest BCUT2D eigenvalue weighted by Gasteiger charge is 2.25. The molecule has 0 aromatic heterocycles. The smallest absolute Gasteiger partial charge is 0.338 e. The van der Waals surface area contributed by atoms with Crippen molar-refractivity contribution in [3.05, 3.63) is 24.3 Å². The first-order chi connectivity index (χ1) is 8.02. The molecule has 2 heterocycles. The minimum Gasteiger partial charge on any atom is -0.466 e. The van der Waals surface area contributed by atoms with E-state index in [1.54, 1.807) is 0 Å². The van der Waals surface area contributed by atoms with Gasteiger partial charge in [-0.15, -0.1) is 0 Å². The summed E-state index contributed by atoms with van der Waals surface area (Å²) in [5.74, 6) is -1.49. The summed E-state index contributed by atoms with van der Waals surface area (Å²) in [5, 5.41) is 0. The Labute approximate surface area is 97.8 Å². The lowest BCUT2D eigenvalue weighted by molar-refractivity contribution is -0.150. The van der Waals surface area contributed by atoms with Crippen molar-refractivity contribution >= 4 is 17.9 Å². The summed E-state index contributed by atoms with van der Waals surface area (Å²) in [6.45, 7) is 4.30. The second-order valence-corrected chi connectivity index (χ2v) is 3.33. The van der Waals surface area contributed by atoms with Crippen molar-refractivity contribution in [3.63, 3.8) is 0 Å². The van der Waals surface area contributed by atoms with E-state index in [-0.39, 0.29) is 12.1 Å². The lowest BCUT2D eigenvalue weighted by Gasteiger charge is -1.98. The predicted molar refractivity (Wildman–Crippen MR) is 55.8 cm³/mol. The molecule has 2 aliphatic rings. The van der Waals surface area contributed by atoms with Gasteiger partial charge in [0, 0.05) is 24.1 Å². The third kappa shape index (κ3) is 5.07. The van der Waals surface area contributed by atoms with Gasteiger partial charge in [0.25, 0.3) is 0 Å². The fourth-order valence-electron chi connectivity index (χ4n) is 0.992. The Morgan fingerprint density at radius 3 is 2.29 bits per heavy atom. The average Bonchev–Trinajstić information content (AvgIpc) is 3.02. The fourth-order valence-corrected chi connectivity index (χ4v) is 0.992. The van der Waals surface area contributed by atoms with E-state index in [2.05, 4.69) is 16.1 Å². The molecule has 92 valence electrons. The highest BCUT2D eigenvalue weighted by molar-refractivity contribution is 6.04. The quantitative estimate of drug-likeness (QED) is 0.302. The zero-order valence-electron chi connectivity index (χ0n) is 9.30. The molecule has 0 amide bonds. The molecule has 17 heavy (non-hydrogen) atoms. The number of ether oxygens (including phenoxy) is 3. The normalized spacial score (nSPS) is 20.2. The minimum atomic E-state index is -0.579. The largest absolute Gasteiger partial charge is 0.466 e. The summed E-state index contributed by atoms with van der Waals surface area (Å²) < 4.78 is 13.3. The van der Waals surface area contributed by atoms with Crippen molar-refractivity contribution in [2.24, 2.45) is 0 Å². The van der Waals surface area contributed by atoms with Crippen LogP contribution in [0.25, 0.3) is 0 Å². The van der Waals surface area contributed by atoms with Crippen LogP contribution in [0.5, 0.6) is 0 Å². The standard InChI is InChI=1S/C7H10O3.C4H2O3/c1-5(7(8)9-2)3-6-4-10-6;5-3-1-2-4(6)7-3/h6H,1,3-4H2,2H3;1-2H. The molecule has 0 aliphatic carbocycles. The van der Waals surface area contributed by atoms with E-state index in [0.717, 1.165) is 18.8 Å². The number of rotatable bonds is 3. The van der Waals surface area contributed by atoms with E-state index in [1.807, 2.05) is 0 Å². The van der Waals surface area contributed by atoms with Crippen LogP contribution in [-0.4, -0.2) is 37.7 Å². The zero-order valence-corrected chi connectivity index (χ0v) is 9.30. The van der Waals surface area contributed by atoms with Gasteiger partial charge in [0.15, 0.2) is 0 Å². The molecular formula is C11H12O6. The SMILES string of the molecule is C=C(CC1CO1)C(=O)OC.O=C1C=CC(=O)O1. The molecule has 2 aliphatic heterocycles. The molecule has 0 N–H and O–H groups in total. The van der Waals surface area contributed by atoms with Crippen molar-refractivity contribution < 1.29 is 28.6 Å². The van der Waals surface area contributed by atoms with Crippen LogP contribution in [0, 0.1) is 0 Å². The van der Waals surface area contributed by atoms with Crippen molar-refractivity contribution in [1.82, 2.24) is 0 Å². The van der Waals surface area contributed by atoms with Gasteiger partial charge in [0.2, 0.25) is 0 Å². The number of esters is 3. The molecule has 2 rings (SSSR count). The Balaban J connectivity index is 0.000000181. The summed E-state index contributed by atoms with van der Waals surface area (Å²) in [7, 11) is 1.35. The van der Waals surface area contributed by atoms with Crippen LogP contribution in [-0.2, 0) is 28.6 Å². The van der Waals surface area contributed by atoms with Crippen molar-refractivity contribution in [3.8, 4) is 0 Å². The molecular weight excluding hydrogens is 228 g/mol. The van der Waals surface area contributed by atoms with Gasteiger partial charge in [0.05, 0.1) is 19.8 Å². The van der Waals surface area contributed by atoms with E-state index in [1.165, 1.54) is 7.11 Å². The van der Waals surface area contributed by atoms with E-state index in [4.69, 9.17) is 4.74 Å². The molecule has 0 bridgehead atoms. The fraction of sp³-hybridized carbons (Fsp3) is 0.364. The monoisotopic (exact) mass is 240 g/mol. The van der Waals surface area contributed by atoms with E-state index in [0.29, 0.717) is 12.0 Å². The third-order valence-electron chi connectivity index (χ3n) is 1.91. The second-order valence-electron chi connectivity index (χ2n) is 3.33. The Hall–Kier alpha value is -1.95. The molecule has 0 spiro atoms. The maximum Gasteiger partial charge on any atom is 0.338 e. The number of hydrogen-bond acceptors (Lipinski definition) is 6. The molecule has 1 saturated heterocycles. The molecule has 1 atom stereocenters. The van der Waals surface area contributed by atoms with Gasteiger partial charge in [-0.3, -0.25) is 0 Å². The van der Waals surface area contributed by atoms with Crippen LogP contribution >= 0.6 is 0 Å². The maximum absolute atomic E-state index is 10.7. The summed E-state index contributed by atoms with van der Waals surface area (Å²) >= 11 is 0. The molecule has 1 fully saturated rings. The van der Waals surface area contributed by atoms with Crippen molar-refractivity contribution in [2.75, 3.05) is 13.7 Å². The topological polar surface area (TPSA) is 82.2 Å². The summed E-state index contributed by atoms with van der Waals surface area (Å²) in [4.78, 5) is 30.5. The molecule has 1 unspecified atom stereocenters. The Morgan fingerprint density at radius 1 is 1.47 bits per heavy atom. The summed E-state index contributed by atoms with van der Waals surface area (Å²) in [6, 6.07) is 0. The van der Waals surface area contributed by atoms with E-state index in [9.17, 15) is 14.4 Å². The predicted octanol–water partition coefficient (Wildman–Crippen LogP) is 0.130. The number of methoxy groups -OCH3 is 1. The number of hydrogen-bond donors (Lipinski definition) is 0. The van der Waals surface area contributed by atoms with Gasteiger partial charge < -0.3 is 14.2 Å². The van der Waals surface area contributed by atoms with Crippen LogP contribution in [0.2, 0.25) is 0 Å². The maximum atomic E-state index is 10.7. The number of epoxide rings is 1. The zero-order chi connectivity index (χ0) is 12.8. The van der Waals surface area contributed by atoms with Gasteiger partial charge >= 0.3 is 17.9 Å². The molecule has 6 heteroatoms. The first-order valence-corrected chi connectivity index (χ1v) is 4.84. The average molecular weight is 240 g/mol. The van der Waals surface area contributed by atoms with Gasteiger partial charge in [-0.05, 0) is 0 Å². The first kappa shape index (κ1) is 13.1. The Morgan fingerprint density at radius 2 is 2.00 bits per heavy atom. The first-order valence-electron chi connectivity index (χ1n) is 4.84. The second kappa shape index (κ2) is 5.95. The highest BCUT2D eigenvalue weighted by Crippen LogP contribution is 2.18. The van der Waals surface area contributed by atoms with E-state index >= 15 is 0 Å². The number of carbonyl (C=O) groups excluding carboxylic acids is 3. The van der Waals surface area contributed by atoms with Crippen LogP contribution < -0.4 is 0 Å². The lowest BCUT2D eigenvalue weighted by Crippen LogP contribution is -2.05. The molecule has 6 nitrogen and oxygen atoms in total. The van der Waals surface area contributed by atoms with Gasteiger partial charge in [-0.2, -0.15) is 0 Å². The minimum absolute atomic E-state index is 0.214. The number of carbonyl (C=O) groups is 3. The summed E-state index contributed by atoms with van der Waals surface area (Å²) in [5.41, 5.74) is 0.491. The van der Waals surface area contributed by atoms with Crippen LogP contribution in [0.15, 0.2) is 24.3 Å². The lowest BCUT2D eigenvalue weighted by atomic mass is 10.2. The summed E-state index contributed by atoms with van der Waals surface area (Å²) in [6.07, 6.45) is 2.99. The molecule has 0 aromatic rings. The van der Waals surface area contributed by atoms with Gasteiger partial charge in [0.1, 0.15) is 0 Å². The van der Waals surface area contributed by atoms with Crippen LogP contribution in [0.3, 0.4) is 0 Å². The van der Waals surface area contributed by atoms with Crippen molar-refractivity contribution in [1.29, 1.82) is 0 Å². The van der Waals surface area contributed by atoms with Gasteiger partial charge in [-0.1, -0.05) is 6.58 Å². The molecule has 0 saturated carbocycles. The van der Waals surface area contributed by atoms with Crippen molar-refractivity contribution in [2.45, 2.75) is 12.5 Å². The molecule has 0 aromatic carbocycles. The molecule has 0 radical (unpaired) electrons. The van der Waals surface area contributed by atoms with Crippen LogP contribution in [0.4, 0.5) is 0 Å².